The number of aliphatic hydroxyl groups is 1. The van der Waals surface area contributed by atoms with Crippen LogP contribution in [0.2, 0.25) is 0 Å². The van der Waals surface area contributed by atoms with E-state index in [0.717, 1.165) is 28.1 Å². The van der Waals surface area contributed by atoms with E-state index in [9.17, 15) is 5.11 Å². The first-order valence-corrected chi connectivity index (χ1v) is 6.52. The third-order valence-corrected chi connectivity index (χ3v) is 3.56. The van der Waals surface area contributed by atoms with Gasteiger partial charge in [0.25, 0.3) is 0 Å². The van der Waals surface area contributed by atoms with Crippen LogP contribution in [0.25, 0.3) is 11.4 Å². The summed E-state index contributed by atoms with van der Waals surface area (Å²) < 4.78 is 0. The number of aliphatic hydroxyl groups excluding tert-OH is 1. The highest BCUT2D eigenvalue weighted by Gasteiger charge is 2.23. The average Bonchev–Trinajstić information content (AvgIpc) is 2.81. The van der Waals surface area contributed by atoms with Crippen molar-refractivity contribution in [1.29, 1.82) is 0 Å². The predicted octanol–water partition coefficient (Wildman–Crippen LogP) is 2.36. The molecule has 0 fully saturated rings. The number of rotatable bonds is 2. The number of nitrogens with zero attached hydrogens (tertiary/aromatic N) is 2. The van der Waals surface area contributed by atoms with E-state index in [4.69, 9.17) is 0 Å². The molecule has 1 unspecified atom stereocenters. The number of hydrogen-bond donors (Lipinski definition) is 2. The zero-order valence-electron chi connectivity index (χ0n) is 11.1. The Morgan fingerprint density at radius 3 is 2.68 bits per heavy atom. The minimum absolute atomic E-state index is 0.430. The van der Waals surface area contributed by atoms with Gasteiger partial charge in [-0.15, -0.1) is 0 Å². The first-order valence-electron chi connectivity index (χ1n) is 6.52. The lowest BCUT2D eigenvalue weighted by molar-refractivity contribution is 0.151. The van der Waals surface area contributed by atoms with Crippen LogP contribution in [-0.2, 0) is 6.54 Å². The molecule has 2 aromatic rings. The van der Waals surface area contributed by atoms with Gasteiger partial charge in [0.1, 0.15) is 6.23 Å². The summed E-state index contributed by atoms with van der Waals surface area (Å²) in [5.41, 5.74) is 4.15. The molecule has 1 aromatic carbocycles. The van der Waals surface area contributed by atoms with Gasteiger partial charge in [-0.3, -0.25) is 5.32 Å². The molecule has 98 valence electrons. The molecular formula is C15H17N3O. The third-order valence-electron chi connectivity index (χ3n) is 3.56. The van der Waals surface area contributed by atoms with E-state index in [0.29, 0.717) is 12.5 Å². The molecule has 0 saturated heterocycles. The molecule has 0 spiro atoms. The summed E-state index contributed by atoms with van der Waals surface area (Å²) >= 11 is 0. The molecular weight excluding hydrogens is 238 g/mol. The topological polar surface area (TPSA) is 58.0 Å². The summed E-state index contributed by atoms with van der Waals surface area (Å²) in [6, 6.07) is 5.87. The molecule has 19 heavy (non-hydrogen) atoms. The maximum Gasteiger partial charge on any atom is 0.159 e. The van der Waals surface area contributed by atoms with E-state index in [1.807, 2.05) is 30.6 Å². The summed E-state index contributed by atoms with van der Waals surface area (Å²) in [7, 11) is 0. The smallest absolute Gasteiger partial charge is 0.159 e. The SMILES string of the molecule is CC(C)c1cnc(-c2cccc3c2CNC3O)nc1. The number of benzene rings is 1. The Bertz CT molecular complexity index is 593. The van der Waals surface area contributed by atoms with Gasteiger partial charge in [-0.25, -0.2) is 9.97 Å². The summed E-state index contributed by atoms with van der Waals surface area (Å²) in [4.78, 5) is 8.90. The maximum atomic E-state index is 9.82. The Hall–Kier alpha value is -1.78. The first kappa shape index (κ1) is 12.3. The van der Waals surface area contributed by atoms with Gasteiger partial charge in [0.05, 0.1) is 0 Å². The molecule has 1 atom stereocenters. The van der Waals surface area contributed by atoms with E-state index in [2.05, 4.69) is 29.1 Å². The Morgan fingerprint density at radius 2 is 2.00 bits per heavy atom. The highest BCUT2D eigenvalue weighted by Crippen LogP contribution is 2.31. The van der Waals surface area contributed by atoms with Crippen LogP contribution in [0.4, 0.5) is 0 Å². The van der Waals surface area contributed by atoms with Crippen molar-refractivity contribution in [1.82, 2.24) is 15.3 Å². The van der Waals surface area contributed by atoms with Gasteiger partial charge in [-0.2, -0.15) is 0 Å². The monoisotopic (exact) mass is 255 g/mol. The fraction of sp³-hybridized carbons (Fsp3) is 0.333. The molecule has 0 aliphatic carbocycles. The lowest BCUT2D eigenvalue weighted by atomic mass is 10.0. The normalized spacial score (nSPS) is 17.8. The molecule has 4 nitrogen and oxygen atoms in total. The van der Waals surface area contributed by atoms with Gasteiger partial charge in [-0.05, 0) is 17.0 Å². The second-order valence-corrected chi connectivity index (χ2v) is 5.15. The van der Waals surface area contributed by atoms with Crippen LogP contribution in [0.3, 0.4) is 0 Å². The third kappa shape index (κ3) is 2.13. The second-order valence-electron chi connectivity index (χ2n) is 5.15. The van der Waals surface area contributed by atoms with E-state index in [-0.39, 0.29) is 0 Å². The van der Waals surface area contributed by atoms with Crippen LogP contribution < -0.4 is 5.32 Å². The molecule has 0 saturated carbocycles. The molecule has 3 rings (SSSR count). The lowest BCUT2D eigenvalue weighted by Gasteiger charge is -2.09. The molecule has 4 heteroatoms. The van der Waals surface area contributed by atoms with Crippen molar-refractivity contribution in [3.05, 3.63) is 47.3 Å². The van der Waals surface area contributed by atoms with E-state index in [1.165, 1.54) is 0 Å². The van der Waals surface area contributed by atoms with Crippen molar-refractivity contribution in [2.24, 2.45) is 0 Å². The maximum absolute atomic E-state index is 9.82. The van der Waals surface area contributed by atoms with Crippen molar-refractivity contribution in [2.75, 3.05) is 0 Å². The Morgan fingerprint density at radius 1 is 1.26 bits per heavy atom. The van der Waals surface area contributed by atoms with Crippen molar-refractivity contribution >= 4 is 0 Å². The Balaban J connectivity index is 2.03. The molecule has 2 N–H and O–H groups in total. The van der Waals surface area contributed by atoms with Crippen LogP contribution in [0.5, 0.6) is 0 Å². The zero-order chi connectivity index (χ0) is 13.4. The molecule has 0 radical (unpaired) electrons. The van der Waals surface area contributed by atoms with Crippen molar-refractivity contribution in [2.45, 2.75) is 32.5 Å². The fourth-order valence-corrected chi connectivity index (χ4v) is 2.35. The van der Waals surface area contributed by atoms with Crippen LogP contribution >= 0.6 is 0 Å². The summed E-state index contributed by atoms with van der Waals surface area (Å²) in [6.07, 6.45) is 3.18. The number of aromatic nitrogens is 2. The van der Waals surface area contributed by atoms with Crippen LogP contribution in [0.15, 0.2) is 30.6 Å². The van der Waals surface area contributed by atoms with Gasteiger partial charge in [0.15, 0.2) is 5.82 Å². The molecule has 1 aromatic heterocycles. The Kier molecular flexibility index (Phi) is 3.05. The van der Waals surface area contributed by atoms with E-state index < -0.39 is 6.23 Å². The van der Waals surface area contributed by atoms with E-state index >= 15 is 0 Å². The van der Waals surface area contributed by atoms with Gasteiger partial charge < -0.3 is 5.11 Å². The predicted molar refractivity (Wildman–Crippen MR) is 73.4 cm³/mol. The van der Waals surface area contributed by atoms with Gasteiger partial charge >= 0.3 is 0 Å². The summed E-state index contributed by atoms with van der Waals surface area (Å²) in [5.74, 6) is 1.15. The number of hydrogen-bond acceptors (Lipinski definition) is 4. The number of fused-ring (bicyclic) bond motifs is 1. The minimum atomic E-state index is -0.579. The van der Waals surface area contributed by atoms with Gasteiger partial charge in [-0.1, -0.05) is 32.0 Å². The van der Waals surface area contributed by atoms with Crippen LogP contribution in [-0.4, -0.2) is 15.1 Å². The van der Waals surface area contributed by atoms with Crippen LogP contribution in [0, 0.1) is 0 Å². The fourth-order valence-electron chi connectivity index (χ4n) is 2.35. The highest BCUT2D eigenvalue weighted by molar-refractivity contribution is 5.63. The van der Waals surface area contributed by atoms with Crippen LogP contribution in [0.1, 0.15) is 42.7 Å². The van der Waals surface area contributed by atoms with Crippen molar-refractivity contribution < 1.29 is 5.11 Å². The standard InChI is InChI=1S/C15H17N3O/c1-9(2)10-6-16-14(17-7-10)11-4-3-5-12-13(11)8-18-15(12)19/h3-7,9,15,18-19H,8H2,1-2H3. The quantitative estimate of drug-likeness (QED) is 0.865. The molecule has 0 bridgehead atoms. The molecule has 1 aliphatic rings. The Labute approximate surface area is 112 Å². The molecule has 0 amide bonds. The summed E-state index contributed by atoms with van der Waals surface area (Å²) in [6.45, 7) is 4.90. The summed E-state index contributed by atoms with van der Waals surface area (Å²) in [5, 5.41) is 12.8. The van der Waals surface area contributed by atoms with E-state index in [1.54, 1.807) is 0 Å². The number of nitrogens with one attached hydrogen (secondary N) is 1. The average molecular weight is 255 g/mol. The first-order chi connectivity index (χ1) is 9.16. The largest absolute Gasteiger partial charge is 0.374 e. The zero-order valence-corrected chi connectivity index (χ0v) is 11.1. The van der Waals surface area contributed by atoms with Crippen molar-refractivity contribution in [3.8, 4) is 11.4 Å². The van der Waals surface area contributed by atoms with Gasteiger partial charge in [0, 0.05) is 30.1 Å². The second kappa shape index (κ2) is 4.72. The van der Waals surface area contributed by atoms with Crippen molar-refractivity contribution in [3.63, 3.8) is 0 Å². The minimum Gasteiger partial charge on any atom is -0.374 e. The highest BCUT2D eigenvalue weighted by atomic mass is 16.3. The van der Waals surface area contributed by atoms with Gasteiger partial charge in [0.2, 0.25) is 0 Å². The lowest BCUT2D eigenvalue weighted by Crippen LogP contribution is -2.09. The molecule has 1 aliphatic heterocycles. The molecule has 2 heterocycles.